The molecule has 2 N–H and O–H groups in total. The third-order valence-corrected chi connectivity index (χ3v) is 5.02. The summed E-state index contributed by atoms with van der Waals surface area (Å²) in [4.78, 5) is 13.4. The number of hydrogen-bond acceptors (Lipinski definition) is 6. The fourth-order valence-corrected chi connectivity index (χ4v) is 3.36. The summed E-state index contributed by atoms with van der Waals surface area (Å²) in [7, 11) is 0. The van der Waals surface area contributed by atoms with E-state index in [1.54, 1.807) is 4.68 Å². The molecule has 0 spiro atoms. The molecule has 0 unspecified atom stereocenters. The molecule has 146 valence electrons. The van der Waals surface area contributed by atoms with E-state index in [1.807, 2.05) is 42.6 Å². The number of rotatable bonds is 5. The highest BCUT2D eigenvalue weighted by molar-refractivity contribution is 5.68. The highest BCUT2D eigenvalue weighted by Gasteiger charge is 2.24. The minimum absolute atomic E-state index is 0.168. The Kier molecular flexibility index (Phi) is 4.45. The molecule has 0 amide bonds. The molecule has 1 aliphatic rings. The summed E-state index contributed by atoms with van der Waals surface area (Å²) in [6.45, 7) is 0.547. The van der Waals surface area contributed by atoms with Gasteiger partial charge in [0.05, 0.1) is 29.8 Å². The van der Waals surface area contributed by atoms with Crippen molar-refractivity contribution in [3.63, 3.8) is 0 Å². The molecule has 0 radical (unpaired) electrons. The van der Waals surface area contributed by atoms with Crippen LogP contribution in [0.2, 0.25) is 0 Å². The second-order valence-electron chi connectivity index (χ2n) is 7.35. The van der Waals surface area contributed by atoms with Crippen molar-refractivity contribution < 1.29 is 0 Å². The van der Waals surface area contributed by atoms with Crippen LogP contribution in [0.15, 0.2) is 54.7 Å². The van der Waals surface area contributed by atoms with Gasteiger partial charge in [0.15, 0.2) is 0 Å². The number of nitrogens with zero attached hydrogens (tertiary/aromatic N) is 6. The molecule has 0 saturated heterocycles. The topological polar surface area (TPSA) is 95.4 Å². The predicted octanol–water partition coefficient (Wildman–Crippen LogP) is 3.29. The quantitative estimate of drug-likeness (QED) is 0.523. The van der Waals surface area contributed by atoms with Gasteiger partial charge in [-0.15, -0.1) is 11.5 Å². The second kappa shape index (κ2) is 7.41. The van der Waals surface area contributed by atoms with Crippen molar-refractivity contribution in [2.45, 2.75) is 25.3 Å². The molecule has 0 bridgehead atoms. The molecule has 0 aliphatic heterocycles. The van der Waals surface area contributed by atoms with Crippen molar-refractivity contribution in [3.05, 3.63) is 71.7 Å². The summed E-state index contributed by atoms with van der Waals surface area (Å²) in [6, 6.07) is 15.6. The van der Waals surface area contributed by atoms with Crippen molar-refractivity contribution in [3.8, 4) is 35.0 Å². The average Bonchev–Trinajstić information content (AvgIpc) is 3.53. The van der Waals surface area contributed by atoms with E-state index in [0.29, 0.717) is 29.5 Å². The lowest BCUT2D eigenvalue weighted by Crippen LogP contribution is -2.03. The second-order valence-corrected chi connectivity index (χ2v) is 7.35. The number of hydrogen-bond donors (Lipinski definition) is 1. The van der Waals surface area contributed by atoms with Crippen LogP contribution in [-0.4, -0.2) is 29.9 Å². The maximum absolute atomic E-state index is 5.96. The molecule has 4 aromatic rings. The lowest BCUT2D eigenvalue weighted by molar-refractivity contribution is 0.636. The Labute approximate surface area is 174 Å². The molecular formula is C23H19N7. The Morgan fingerprint density at radius 2 is 1.83 bits per heavy atom. The Bertz CT molecular complexity index is 1260. The Morgan fingerprint density at radius 3 is 2.67 bits per heavy atom. The molecule has 7 heteroatoms. The number of aromatic nitrogens is 6. The van der Waals surface area contributed by atoms with Gasteiger partial charge in [0.1, 0.15) is 5.69 Å². The van der Waals surface area contributed by atoms with Crippen LogP contribution in [0.4, 0.5) is 5.95 Å². The van der Waals surface area contributed by atoms with Crippen LogP contribution in [0.3, 0.4) is 0 Å². The van der Waals surface area contributed by atoms with E-state index in [9.17, 15) is 0 Å². The normalized spacial score (nSPS) is 13.2. The van der Waals surface area contributed by atoms with Crippen molar-refractivity contribution in [2.75, 3.05) is 5.73 Å². The number of nitrogens with two attached hydrogens (primary N) is 1. The van der Waals surface area contributed by atoms with Gasteiger partial charge in [0.2, 0.25) is 5.95 Å². The number of anilines is 1. The van der Waals surface area contributed by atoms with E-state index in [4.69, 9.17) is 17.1 Å². The first kappa shape index (κ1) is 18.0. The summed E-state index contributed by atoms with van der Waals surface area (Å²) in [5.74, 6) is 3.42. The first-order valence-corrected chi connectivity index (χ1v) is 9.76. The minimum Gasteiger partial charge on any atom is -0.368 e. The van der Waals surface area contributed by atoms with Gasteiger partial charge in [-0.05, 0) is 43.2 Å². The standard InChI is InChI=1S/C23H19N7/c1-2-15-5-3-6-17(11-15)20-12-21(27-23(24)26-20)22-14-30(29-28-22)13-18-7-4-8-19(25-18)16-9-10-16/h1,3-8,11-12,14,16H,9-10,13H2,(H2,24,26,27). The zero-order valence-electron chi connectivity index (χ0n) is 16.2. The predicted molar refractivity (Wildman–Crippen MR) is 114 cm³/mol. The highest BCUT2D eigenvalue weighted by atomic mass is 15.4. The monoisotopic (exact) mass is 393 g/mol. The molecule has 1 fully saturated rings. The van der Waals surface area contributed by atoms with Crippen LogP contribution in [0.25, 0.3) is 22.6 Å². The zero-order chi connectivity index (χ0) is 20.5. The van der Waals surface area contributed by atoms with Crippen LogP contribution in [-0.2, 0) is 6.54 Å². The summed E-state index contributed by atoms with van der Waals surface area (Å²) < 4.78 is 1.76. The molecule has 1 aromatic carbocycles. The van der Waals surface area contributed by atoms with E-state index in [-0.39, 0.29) is 5.95 Å². The van der Waals surface area contributed by atoms with E-state index in [0.717, 1.165) is 22.5 Å². The van der Waals surface area contributed by atoms with Crippen molar-refractivity contribution in [1.29, 1.82) is 0 Å². The fourth-order valence-electron chi connectivity index (χ4n) is 3.36. The number of benzene rings is 1. The molecule has 30 heavy (non-hydrogen) atoms. The van der Waals surface area contributed by atoms with Crippen LogP contribution < -0.4 is 5.73 Å². The van der Waals surface area contributed by atoms with Crippen LogP contribution in [0.1, 0.15) is 35.7 Å². The molecule has 5 rings (SSSR count). The van der Waals surface area contributed by atoms with Gasteiger partial charge in [-0.25, -0.2) is 14.6 Å². The lowest BCUT2D eigenvalue weighted by Gasteiger charge is -2.05. The first-order valence-electron chi connectivity index (χ1n) is 9.76. The lowest BCUT2D eigenvalue weighted by atomic mass is 10.1. The number of terminal acetylenes is 1. The first-order chi connectivity index (χ1) is 14.7. The Balaban J connectivity index is 1.42. The minimum atomic E-state index is 0.168. The summed E-state index contributed by atoms with van der Waals surface area (Å²) >= 11 is 0. The third kappa shape index (κ3) is 3.76. The number of nitrogen functional groups attached to an aromatic ring is 1. The summed E-state index contributed by atoms with van der Waals surface area (Å²) in [5.41, 5.74) is 11.6. The largest absolute Gasteiger partial charge is 0.368 e. The molecule has 0 atom stereocenters. The van der Waals surface area contributed by atoms with Gasteiger partial charge in [0.25, 0.3) is 0 Å². The molecule has 1 saturated carbocycles. The molecule has 1 aliphatic carbocycles. The van der Waals surface area contributed by atoms with E-state index < -0.39 is 0 Å². The van der Waals surface area contributed by atoms with Gasteiger partial charge in [0, 0.05) is 22.7 Å². The van der Waals surface area contributed by atoms with E-state index >= 15 is 0 Å². The molecular weight excluding hydrogens is 374 g/mol. The van der Waals surface area contributed by atoms with Crippen LogP contribution in [0.5, 0.6) is 0 Å². The maximum Gasteiger partial charge on any atom is 0.221 e. The Morgan fingerprint density at radius 1 is 1.00 bits per heavy atom. The number of pyridine rings is 1. The van der Waals surface area contributed by atoms with Crippen LogP contribution in [0, 0.1) is 12.3 Å². The van der Waals surface area contributed by atoms with Gasteiger partial charge < -0.3 is 5.73 Å². The van der Waals surface area contributed by atoms with E-state index in [2.05, 4.69) is 38.3 Å². The summed E-state index contributed by atoms with van der Waals surface area (Å²) in [5, 5.41) is 8.51. The Hall–Kier alpha value is -4.05. The van der Waals surface area contributed by atoms with Crippen molar-refractivity contribution in [1.82, 2.24) is 29.9 Å². The van der Waals surface area contributed by atoms with Crippen molar-refractivity contribution >= 4 is 5.95 Å². The van der Waals surface area contributed by atoms with Gasteiger partial charge in [-0.2, -0.15) is 0 Å². The maximum atomic E-state index is 5.96. The van der Waals surface area contributed by atoms with Crippen molar-refractivity contribution in [2.24, 2.45) is 0 Å². The molecule has 7 nitrogen and oxygen atoms in total. The highest BCUT2D eigenvalue weighted by Crippen LogP contribution is 2.38. The molecule has 3 aromatic heterocycles. The fraction of sp³-hybridized carbons (Fsp3) is 0.174. The smallest absolute Gasteiger partial charge is 0.221 e. The van der Waals surface area contributed by atoms with Crippen LogP contribution >= 0.6 is 0 Å². The van der Waals surface area contributed by atoms with E-state index in [1.165, 1.54) is 12.8 Å². The summed E-state index contributed by atoms with van der Waals surface area (Å²) in [6.07, 6.45) is 9.81. The van der Waals surface area contributed by atoms with Gasteiger partial charge >= 0.3 is 0 Å². The third-order valence-electron chi connectivity index (χ3n) is 5.02. The SMILES string of the molecule is C#Cc1cccc(-c2cc(-c3cn(Cc4cccc(C5CC5)n4)nn3)nc(N)n2)c1. The molecule has 3 heterocycles. The van der Waals surface area contributed by atoms with Gasteiger partial charge in [-0.3, -0.25) is 4.98 Å². The zero-order valence-corrected chi connectivity index (χ0v) is 16.2. The average molecular weight is 393 g/mol. The van der Waals surface area contributed by atoms with Gasteiger partial charge in [-0.1, -0.05) is 29.3 Å².